The number of sulfonamides is 1. The highest BCUT2D eigenvalue weighted by Gasteiger charge is 2.23. The number of carbonyl (C=O) groups excluding carboxylic acids is 1. The average molecular weight is 492 g/mol. The molecule has 3 rings (SSSR count). The molecule has 0 aliphatic rings. The SMILES string of the molecule is CCCCN(CCCC)S(=O)(=O)c1ccc(C(=O)N=c2sc3cc(F)ccc3n2CC)cc1. The minimum atomic E-state index is -3.63. The third kappa shape index (κ3) is 5.77. The van der Waals surface area contributed by atoms with Crippen molar-refractivity contribution in [2.75, 3.05) is 13.1 Å². The highest BCUT2D eigenvalue weighted by molar-refractivity contribution is 7.89. The molecule has 0 bridgehead atoms. The van der Waals surface area contributed by atoms with Gasteiger partial charge in [0, 0.05) is 25.2 Å². The van der Waals surface area contributed by atoms with Crippen molar-refractivity contribution in [3.8, 4) is 0 Å². The Hall–Kier alpha value is -2.36. The molecule has 9 heteroatoms. The van der Waals surface area contributed by atoms with Gasteiger partial charge >= 0.3 is 0 Å². The van der Waals surface area contributed by atoms with Gasteiger partial charge in [-0.1, -0.05) is 38.0 Å². The summed E-state index contributed by atoms with van der Waals surface area (Å²) in [6.07, 6.45) is 3.42. The summed E-state index contributed by atoms with van der Waals surface area (Å²) in [5.41, 5.74) is 1.12. The standard InChI is InChI=1S/C24H30FN3O3S2/c1-4-7-15-27(16-8-5-2)33(30,31)20-12-9-18(10-13-20)23(29)26-24-28(6-3)21-14-11-19(25)17-22(21)32-24/h9-14,17H,4-8,15-16H2,1-3H3. The van der Waals surface area contributed by atoms with Gasteiger partial charge in [-0.25, -0.2) is 12.8 Å². The van der Waals surface area contributed by atoms with Gasteiger partial charge in [0.15, 0.2) is 4.80 Å². The number of carbonyl (C=O) groups is 1. The number of unbranched alkanes of at least 4 members (excludes halogenated alkanes) is 2. The lowest BCUT2D eigenvalue weighted by molar-refractivity contribution is 0.0997. The van der Waals surface area contributed by atoms with Crippen LogP contribution in [0.3, 0.4) is 0 Å². The number of hydrogen-bond acceptors (Lipinski definition) is 4. The van der Waals surface area contributed by atoms with Crippen molar-refractivity contribution in [1.82, 2.24) is 8.87 Å². The maximum Gasteiger partial charge on any atom is 0.279 e. The first-order valence-electron chi connectivity index (χ1n) is 11.3. The molecular formula is C24H30FN3O3S2. The lowest BCUT2D eigenvalue weighted by atomic mass is 10.2. The van der Waals surface area contributed by atoms with Crippen molar-refractivity contribution in [3.63, 3.8) is 0 Å². The van der Waals surface area contributed by atoms with Crippen LogP contribution in [0, 0.1) is 5.82 Å². The number of aromatic nitrogens is 1. The molecular weight excluding hydrogens is 461 g/mol. The quantitative estimate of drug-likeness (QED) is 0.392. The lowest BCUT2D eigenvalue weighted by Gasteiger charge is -2.22. The second kappa shape index (κ2) is 11.2. The highest BCUT2D eigenvalue weighted by atomic mass is 32.2. The van der Waals surface area contributed by atoms with E-state index in [9.17, 15) is 17.6 Å². The Morgan fingerprint density at radius 2 is 1.67 bits per heavy atom. The Morgan fingerprint density at radius 1 is 1.03 bits per heavy atom. The van der Waals surface area contributed by atoms with Crippen LogP contribution in [0.1, 0.15) is 56.8 Å². The molecule has 0 unspecified atom stereocenters. The van der Waals surface area contributed by atoms with Gasteiger partial charge in [0.25, 0.3) is 5.91 Å². The Bertz CT molecular complexity index is 1270. The van der Waals surface area contributed by atoms with E-state index in [0.29, 0.717) is 34.7 Å². The normalized spacial score (nSPS) is 12.7. The van der Waals surface area contributed by atoms with Crippen molar-refractivity contribution >= 4 is 37.5 Å². The van der Waals surface area contributed by atoms with Crippen LogP contribution in [0.4, 0.5) is 4.39 Å². The van der Waals surface area contributed by atoms with Crippen LogP contribution in [0.5, 0.6) is 0 Å². The largest absolute Gasteiger partial charge is 0.317 e. The number of rotatable bonds is 10. The van der Waals surface area contributed by atoms with Crippen LogP contribution in [0.15, 0.2) is 52.4 Å². The summed E-state index contributed by atoms with van der Waals surface area (Å²) in [6, 6.07) is 10.4. The van der Waals surface area contributed by atoms with Crippen molar-refractivity contribution < 1.29 is 17.6 Å². The minimum absolute atomic E-state index is 0.173. The van der Waals surface area contributed by atoms with Crippen molar-refractivity contribution in [2.45, 2.75) is 57.9 Å². The third-order valence-electron chi connectivity index (χ3n) is 5.42. The topological polar surface area (TPSA) is 71.7 Å². The number of nitrogens with zero attached hydrogens (tertiary/aromatic N) is 3. The molecule has 178 valence electrons. The molecule has 2 aromatic carbocycles. The number of halogens is 1. The van der Waals surface area contributed by atoms with E-state index in [1.165, 1.54) is 52.0 Å². The van der Waals surface area contributed by atoms with Crippen LogP contribution < -0.4 is 4.80 Å². The van der Waals surface area contributed by atoms with Gasteiger partial charge in [-0.3, -0.25) is 4.79 Å². The van der Waals surface area contributed by atoms with Crippen molar-refractivity contribution in [3.05, 3.63) is 58.6 Å². The molecule has 3 aromatic rings. The van der Waals surface area contributed by atoms with Crippen molar-refractivity contribution in [1.29, 1.82) is 0 Å². The number of amides is 1. The first kappa shape index (κ1) is 25.3. The number of thiazole rings is 1. The number of benzene rings is 2. The fourth-order valence-electron chi connectivity index (χ4n) is 3.53. The summed E-state index contributed by atoms with van der Waals surface area (Å²) >= 11 is 1.25. The maximum atomic E-state index is 13.6. The molecule has 0 saturated carbocycles. The second-order valence-electron chi connectivity index (χ2n) is 7.79. The number of hydrogen-bond donors (Lipinski definition) is 0. The maximum absolute atomic E-state index is 13.6. The summed E-state index contributed by atoms with van der Waals surface area (Å²) in [4.78, 5) is 17.7. The molecule has 0 N–H and O–H groups in total. The number of aryl methyl sites for hydroxylation is 1. The first-order valence-corrected chi connectivity index (χ1v) is 13.6. The molecule has 0 atom stereocenters. The van der Waals surface area contributed by atoms with Gasteiger partial charge in [-0.2, -0.15) is 9.30 Å². The molecule has 0 radical (unpaired) electrons. The molecule has 1 aromatic heterocycles. The fourth-order valence-corrected chi connectivity index (χ4v) is 6.16. The van der Waals surface area contributed by atoms with Crippen LogP contribution in [0.25, 0.3) is 10.2 Å². The minimum Gasteiger partial charge on any atom is -0.317 e. The van der Waals surface area contributed by atoms with E-state index in [-0.39, 0.29) is 10.7 Å². The first-order chi connectivity index (χ1) is 15.8. The van der Waals surface area contributed by atoms with Crippen molar-refractivity contribution in [2.24, 2.45) is 4.99 Å². The van der Waals surface area contributed by atoms with Gasteiger partial charge in [-0.05, 0) is 62.2 Å². The predicted molar refractivity (Wildman–Crippen MR) is 130 cm³/mol. The predicted octanol–water partition coefficient (Wildman–Crippen LogP) is 5.19. The fraction of sp³-hybridized carbons (Fsp3) is 0.417. The van der Waals surface area contributed by atoms with Crippen LogP contribution >= 0.6 is 11.3 Å². The molecule has 33 heavy (non-hydrogen) atoms. The molecule has 0 aliphatic heterocycles. The van der Waals surface area contributed by atoms with Crippen LogP contribution in [-0.4, -0.2) is 36.3 Å². The Labute approximate surface area is 198 Å². The molecule has 0 spiro atoms. The summed E-state index contributed by atoms with van der Waals surface area (Å²) in [6.45, 7) is 7.55. The molecule has 0 saturated heterocycles. The Morgan fingerprint density at radius 3 is 2.24 bits per heavy atom. The monoisotopic (exact) mass is 491 g/mol. The second-order valence-corrected chi connectivity index (χ2v) is 10.7. The summed E-state index contributed by atoms with van der Waals surface area (Å²) in [5, 5.41) is 0. The molecule has 1 amide bonds. The van der Waals surface area contributed by atoms with E-state index < -0.39 is 15.9 Å². The van der Waals surface area contributed by atoms with E-state index in [2.05, 4.69) is 4.99 Å². The van der Waals surface area contributed by atoms with E-state index in [1.807, 2.05) is 25.3 Å². The zero-order valence-corrected chi connectivity index (χ0v) is 20.9. The van der Waals surface area contributed by atoms with Gasteiger partial charge < -0.3 is 4.57 Å². The molecule has 0 fully saturated rings. The Kier molecular flexibility index (Phi) is 8.56. The Balaban J connectivity index is 1.89. The van der Waals surface area contributed by atoms with E-state index in [1.54, 1.807) is 6.07 Å². The van der Waals surface area contributed by atoms with Crippen LogP contribution in [-0.2, 0) is 16.6 Å². The van der Waals surface area contributed by atoms with E-state index in [0.717, 1.165) is 31.2 Å². The molecule has 6 nitrogen and oxygen atoms in total. The summed E-state index contributed by atoms with van der Waals surface area (Å²) in [7, 11) is -3.63. The smallest absolute Gasteiger partial charge is 0.279 e. The van der Waals surface area contributed by atoms with E-state index in [4.69, 9.17) is 0 Å². The van der Waals surface area contributed by atoms with Gasteiger partial charge in [0.2, 0.25) is 10.0 Å². The third-order valence-corrected chi connectivity index (χ3v) is 8.37. The lowest BCUT2D eigenvalue weighted by Crippen LogP contribution is -2.33. The van der Waals surface area contributed by atoms with Crippen LogP contribution in [0.2, 0.25) is 0 Å². The van der Waals surface area contributed by atoms with Gasteiger partial charge in [0.05, 0.1) is 15.1 Å². The van der Waals surface area contributed by atoms with Gasteiger partial charge in [0.1, 0.15) is 5.82 Å². The highest BCUT2D eigenvalue weighted by Crippen LogP contribution is 2.20. The number of fused-ring (bicyclic) bond motifs is 1. The molecule has 1 heterocycles. The zero-order chi connectivity index (χ0) is 24.0. The average Bonchev–Trinajstić information content (AvgIpc) is 3.14. The zero-order valence-electron chi connectivity index (χ0n) is 19.3. The van der Waals surface area contributed by atoms with E-state index >= 15 is 0 Å². The summed E-state index contributed by atoms with van der Waals surface area (Å²) < 4.78 is 43.9. The van der Waals surface area contributed by atoms with Gasteiger partial charge in [-0.15, -0.1) is 0 Å². The molecule has 0 aliphatic carbocycles. The summed E-state index contributed by atoms with van der Waals surface area (Å²) in [5.74, 6) is -0.810.